The van der Waals surface area contributed by atoms with Crippen molar-refractivity contribution in [2.24, 2.45) is 11.5 Å². The summed E-state index contributed by atoms with van der Waals surface area (Å²) >= 11 is 0. The van der Waals surface area contributed by atoms with Crippen molar-refractivity contribution in [1.82, 2.24) is 14.5 Å². The number of hydrogen-bond acceptors (Lipinski definition) is 7. The van der Waals surface area contributed by atoms with Crippen molar-refractivity contribution in [3.63, 3.8) is 0 Å². The first-order chi connectivity index (χ1) is 15.8. The second-order valence-electron chi connectivity index (χ2n) is 8.58. The van der Waals surface area contributed by atoms with Gasteiger partial charge in [0.25, 0.3) is 11.5 Å². The zero-order valence-corrected chi connectivity index (χ0v) is 18.9. The van der Waals surface area contributed by atoms with E-state index >= 15 is 0 Å². The van der Waals surface area contributed by atoms with Gasteiger partial charge in [-0.05, 0) is 38.3 Å². The number of nitrogens with one attached hydrogen (secondary N) is 1. The maximum atomic E-state index is 13.1. The smallest absolute Gasteiger partial charge is 0.258 e. The van der Waals surface area contributed by atoms with Crippen LogP contribution in [0.3, 0.4) is 0 Å². The van der Waals surface area contributed by atoms with Crippen molar-refractivity contribution in [3.8, 4) is 11.1 Å². The molecule has 4 rings (SSSR count). The van der Waals surface area contributed by atoms with Crippen LogP contribution >= 0.6 is 0 Å². The van der Waals surface area contributed by atoms with Gasteiger partial charge in [-0.3, -0.25) is 9.59 Å². The fourth-order valence-electron chi connectivity index (χ4n) is 4.01. The van der Waals surface area contributed by atoms with Gasteiger partial charge in [-0.1, -0.05) is 30.3 Å². The molecule has 0 unspecified atom stereocenters. The Balaban J connectivity index is 1.77. The molecule has 33 heavy (non-hydrogen) atoms. The van der Waals surface area contributed by atoms with Crippen LogP contribution in [0.5, 0.6) is 0 Å². The van der Waals surface area contributed by atoms with E-state index in [2.05, 4.69) is 15.3 Å². The predicted molar refractivity (Wildman–Crippen MR) is 130 cm³/mol. The van der Waals surface area contributed by atoms with E-state index in [-0.39, 0.29) is 23.2 Å². The summed E-state index contributed by atoms with van der Waals surface area (Å²) in [6, 6.07) is 11.2. The monoisotopic (exact) mass is 447 g/mol. The van der Waals surface area contributed by atoms with E-state index in [4.69, 9.17) is 11.5 Å². The minimum Gasteiger partial charge on any atom is -0.365 e. The summed E-state index contributed by atoms with van der Waals surface area (Å²) in [6.45, 7) is 5.32. The second-order valence-corrected chi connectivity index (χ2v) is 8.58. The van der Waals surface area contributed by atoms with Crippen LogP contribution in [-0.2, 0) is 0 Å². The normalized spacial score (nSPS) is 16.1. The summed E-state index contributed by atoms with van der Waals surface area (Å²) in [5.41, 5.74) is 13.8. The van der Waals surface area contributed by atoms with Crippen molar-refractivity contribution < 1.29 is 4.79 Å². The van der Waals surface area contributed by atoms with Crippen molar-refractivity contribution in [2.45, 2.75) is 38.8 Å². The fourth-order valence-corrected chi connectivity index (χ4v) is 4.01. The van der Waals surface area contributed by atoms with Gasteiger partial charge in [-0.15, -0.1) is 0 Å². The fraction of sp³-hybridized carbons (Fsp3) is 0.333. The molecule has 1 fully saturated rings. The van der Waals surface area contributed by atoms with Gasteiger partial charge in [0.15, 0.2) is 0 Å². The van der Waals surface area contributed by atoms with Crippen LogP contribution in [0.4, 0.5) is 17.5 Å². The van der Waals surface area contributed by atoms with Gasteiger partial charge in [-0.25, -0.2) is 4.98 Å². The van der Waals surface area contributed by atoms with Crippen LogP contribution in [0, 0.1) is 0 Å². The van der Waals surface area contributed by atoms with Crippen LogP contribution in [-0.4, -0.2) is 39.6 Å². The molecule has 9 heteroatoms. The van der Waals surface area contributed by atoms with Crippen molar-refractivity contribution in [3.05, 3.63) is 64.7 Å². The van der Waals surface area contributed by atoms with E-state index in [1.807, 2.05) is 49.1 Å². The summed E-state index contributed by atoms with van der Waals surface area (Å²) in [7, 11) is 0. The Hall–Kier alpha value is -3.72. The molecule has 0 aliphatic carbocycles. The molecule has 0 spiro atoms. The Morgan fingerprint density at radius 2 is 2.00 bits per heavy atom. The molecule has 3 aromatic rings. The number of hydrogen-bond donors (Lipinski definition) is 3. The molecule has 1 aliphatic rings. The highest BCUT2D eigenvalue weighted by Crippen LogP contribution is 2.26. The summed E-state index contributed by atoms with van der Waals surface area (Å²) in [5, 5.41) is 3.21. The maximum absolute atomic E-state index is 13.1. The van der Waals surface area contributed by atoms with Gasteiger partial charge in [0, 0.05) is 43.1 Å². The van der Waals surface area contributed by atoms with Crippen LogP contribution in [0.25, 0.3) is 11.1 Å². The van der Waals surface area contributed by atoms with Gasteiger partial charge in [-0.2, -0.15) is 4.98 Å². The van der Waals surface area contributed by atoms with Gasteiger partial charge in [0.1, 0.15) is 11.4 Å². The van der Waals surface area contributed by atoms with Crippen molar-refractivity contribution >= 4 is 23.4 Å². The minimum absolute atomic E-state index is 0.0533. The highest BCUT2D eigenvalue weighted by Gasteiger charge is 2.22. The lowest BCUT2D eigenvalue weighted by atomic mass is 10.1. The Morgan fingerprint density at radius 3 is 2.67 bits per heavy atom. The summed E-state index contributed by atoms with van der Waals surface area (Å²) in [5.74, 6) is 0.137. The topological polar surface area (TPSA) is 132 Å². The molecule has 0 radical (unpaired) electrons. The van der Waals surface area contributed by atoms with E-state index in [9.17, 15) is 9.59 Å². The molecule has 1 saturated heterocycles. The molecule has 1 amide bonds. The molecule has 172 valence electrons. The first-order valence-corrected chi connectivity index (χ1v) is 11.1. The number of nitrogens with two attached hydrogens (primary N) is 2. The lowest BCUT2D eigenvalue weighted by molar-refractivity contribution is 0.100. The molecule has 3 heterocycles. The van der Waals surface area contributed by atoms with Gasteiger partial charge in [0.2, 0.25) is 5.95 Å². The molecular weight excluding hydrogens is 418 g/mol. The number of primary amides is 1. The highest BCUT2D eigenvalue weighted by atomic mass is 16.1. The van der Waals surface area contributed by atoms with Crippen LogP contribution in [0.2, 0.25) is 0 Å². The number of benzene rings is 1. The summed E-state index contributed by atoms with van der Waals surface area (Å²) in [6.07, 6.45) is 5.07. The Bertz CT molecular complexity index is 1210. The number of rotatable bonds is 6. The largest absolute Gasteiger partial charge is 0.365 e. The van der Waals surface area contributed by atoms with Crippen molar-refractivity contribution in [2.75, 3.05) is 23.3 Å². The second kappa shape index (κ2) is 9.41. The zero-order valence-electron chi connectivity index (χ0n) is 18.9. The Kier molecular flexibility index (Phi) is 6.41. The van der Waals surface area contributed by atoms with Gasteiger partial charge < -0.3 is 26.3 Å². The van der Waals surface area contributed by atoms with E-state index in [0.29, 0.717) is 29.6 Å². The molecule has 0 bridgehead atoms. The van der Waals surface area contributed by atoms with Crippen LogP contribution in [0.15, 0.2) is 53.6 Å². The van der Waals surface area contributed by atoms with Crippen LogP contribution in [0.1, 0.15) is 43.1 Å². The molecule has 1 aliphatic heterocycles. The van der Waals surface area contributed by atoms with E-state index in [1.54, 1.807) is 16.8 Å². The quantitative estimate of drug-likeness (QED) is 0.529. The molecular formula is C24H29N7O2. The molecule has 2 aromatic heterocycles. The average molecular weight is 448 g/mol. The average Bonchev–Trinajstić information content (AvgIpc) is 2.80. The zero-order chi connectivity index (χ0) is 23.5. The molecule has 0 saturated carbocycles. The molecule has 5 N–H and O–H groups in total. The van der Waals surface area contributed by atoms with Gasteiger partial charge >= 0.3 is 0 Å². The minimum atomic E-state index is -0.639. The SMILES string of the molecule is CC(C)n1cc(Nc2nc(N3CCC[C@H](N)C3)ncc2C(N)=O)cc(-c2ccccc2)c1=O. The Labute approximate surface area is 192 Å². The van der Waals surface area contributed by atoms with Crippen molar-refractivity contribution in [1.29, 1.82) is 0 Å². The number of nitrogens with zero attached hydrogens (tertiary/aromatic N) is 4. The third kappa shape index (κ3) is 4.88. The number of carbonyl (C=O) groups excluding carboxylic acids is 1. The lowest BCUT2D eigenvalue weighted by Crippen LogP contribution is -2.43. The third-order valence-corrected chi connectivity index (χ3v) is 5.73. The standard InChI is InChI=1S/C24H29N7O2/c1-15(2)31-14-18(11-19(23(31)33)16-7-4-3-5-8-16)28-22-20(21(26)32)12-27-24(29-22)30-10-6-9-17(25)13-30/h3-5,7-8,11-12,14-15,17H,6,9-10,13,25H2,1-2H3,(H2,26,32)(H,27,28,29)/t17-/m0/s1. The number of piperidine rings is 1. The number of amides is 1. The number of anilines is 3. The van der Waals surface area contributed by atoms with Crippen LogP contribution < -0.4 is 27.2 Å². The summed E-state index contributed by atoms with van der Waals surface area (Å²) in [4.78, 5) is 36.1. The molecule has 9 nitrogen and oxygen atoms in total. The molecule has 1 aromatic carbocycles. The summed E-state index contributed by atoms with van der Waals surface area (Å²) < 4.78 is 1.65. The number of carbonyl (C=O) groups is 1. The van der Waals surface area contributed by atoms with E-state index < -0.39 is 5.91 Å². The first-order valence-electron chi connectivity index (χ1n) is 11.1. The first kappa shape index (κ1) is 22.5. The third-order valence-electron chi connectivity index (χ3n) is 5.73. The van der Waals surface area contributed by atoms with Gasteiger partial charge in [0.05, 0.1) is 5.69 Å². The van der Waals surface area contributed by atoms with E-state index in [0.717, 1.165) is 24.9 Å². The number of pyridine rings is 1. The molecule has 1 atom stereocenters. The lowest BCUT2D eigenvalue weighted by Gasteiger charge is -2.31. The maximum Gasteiger partial charge on any atom is 0.258 e. The Morgan fingerprint density at radius 1 is 1.24 bits per heavy atom. The number of aromatic nitrogens is 3. The highest BCUT2D eigenvalue weighted by molar-refractivity contribution is 5.98. The van der Waals surface area contributed by atoms with E-state index in [1.165, 1.54) is 6.20 Å². The predicted octanol–water partition coefficient (Wildman–Crippen LogP) is 2.66.